The van der Waals surface area contributed by atoms with Gasteiger partial charge in [-0.05, 0) is 23.8 Å². The smallest absolute Gasteiger partial charge is 0.333 e. The lowest BCUT2D eigenvalue weighted by molar-refractivity contribution is -0.156. The average Bonchev–Trinajstić information content (AvgIpc) is 3.07. The third kappa shape index (κ3) is 3.45. The maximum atomic E-state index is 13.2. The molecule has 3 aromatic carbocycles. The van der Waals surface area contributed by atoms with Crippen LogP contribution in [-0.2, 0) is 20.7 Å². The number of cyclic esters (lactones) is 1. The Morgan fingerprint density at radius 2 is 1.39 bits per heavy atom. The zero-order valence-corrected chi connectivity index (χ0v) is 15.1. The molecule has 1 aliphatic heterocycles. The normalized spacial score (nSPS) is 18.3. The third-order valence-corrected chi connectivity index (χ3v) is 4.65. The van der Waals surface area contributed by atoms with Crippen LogP contribution in [0.3, 0.4) is 0 Å². The highest BCUT2D eigenvalue weighted by Gasteiger charge is 2.52. The fourth-order valence-corrected chi connectivity index (χ4v) is 3.19. The number of para-hydroxylation sites is 1. The number of rotatable bonds is 5. The lowest BCUT2D eigenvalue weighted by Gasteiger charge is -2.21. The van der Waals surface area contributed by atoms with Crippen molar-refractivity contribution in [2.24, 2.45) is 5.41 Å². The molecule has 1 aliphatic rings. The van der Waals surface area contributed by atoms with E-state index in [-0.39, 0.29) is 6.42 Å². The van der Waals surface area contributed by atoms with Crippen LogP contribution in [0.2, 0.25) is 0 Å². The molecule has 0 aromatic heterocycles. The van der Waals surface area contributed by atoms with E-state index in [0.717, 1.165) is 11.1 Å². The van der Waals surface area contributed by atoms with Crippen molar-refractivity contribution in [1.29, 1.82) is 0 Å². The molecule has 0 unspecified atom stereocenters. The van der Waals surface area contributed by atoms with E-state index in [1.165, 1.54) is 0 Å². The first-order valence-electron chi connectivity index (χ1n) is 8.99. The zero-order valence-electron chi connectivity index (χ0n) is 15.1. The standard InChI is InChI=1S/C24H18O4/c25-22(27-20-14-8-3-9-15-20)24(16-18-10-4-1-5-11-18)17-21(28-23(24)26)19-12-6-2-7-13-19/h1-15,17H,16H2/t24-/m1/s1. The van der Waals surface area contributed by atoms with Crippen LogP contribution in [0.25, 0.3) is 5.76 Å². The summed E-state index contributed by atoms with van der Waals surface area (Å²) >= 11 is 0. The number of carbonyl (C=O) groups is 2. The van der Waals surface area contributed by atoms with Gasteiger partial charge in [0.2, 0.25) is 0 Å². The van der Waals surface area contributed by atoms with Crippen LogP contribution >= 0.6 is 0 Å². The molecule has 0 amide bonds. The summed E-state index contributed by atoms with van der Waals surface area (Å²) in [6.45, 7) is 0. The van der Waals surface area contributed by atoms with Crippen molar-refractivity contribution >= 4 is 17.7 Å². The molecular formula is C24H18O4. The van der Waals surface area contributed by atoms with E-state index in [1.807, 2.05) is 66.7 Å². The van der Waals surface area contributed by atoms with Gasteiger partial charge in [0, 0.05) is 12.0 Å². The highest BCUT2D eigenvalue weighted by molar-refractivity contribution is 6.08. The Kier molecular flexibility index (Phi) is 4.77. The van der Waals surface area contributed by atoms with Gasteiger partial charge in [0.1, 0.15) is 11.5 Å². The minimum atomic E-state index is -1.54. The maximum absolute atomic E-state index is 13.2. The second kappa shape index (κ2) is 7.53. The summed E-state index contributed by atoms with van der Waals surface area (Å²) in [5, 5.41) is 0. The SMILES string of the molecule is O=C1OC(c2ccccc2)=C[C@]1(Cc1ccccc1)C(=O)Oc1ccccc1. The second-order valence-electron chi connectivity index (χ2n) is 6.60. The fraction of sp³-hybridized carbons (Fsp3) is 0.0833. The predicted octanol–water partition coefficient (Wildman–Crippen LogP) is 4.42. The van der Waals surface area contributed by atoms with Crippen molar-refractivity contribution in [2.45, 2.75) is 6.42 Å². The highest BCUT2D eigenvalue weighted by atomic mass is 16.6. The Morgan fingerprint density at radius 3 is 2.04 bits per heavy atom. The predicted molar refractivity (Wildman–Crippen MR) is 105 cm³/mol. The van der Waals surface area contributed by atoms with Gasteiger partial charge in [-0.2, -0.15) is 0 Å². The van der Waals surface area contributed by atoms with Crippen molar-refractivity contribution < 1.29 is 19.1 Å². The van der Waals surface area contributed by atoms with Crippen molar-refractivity contribution in [3.63, 3.8) is 0 Å². The van der Waals surface area contributed by atoms with Gasteiger partial charge in [-0.3, -0.25) is 9.59 Å². The first-order valence-corrected chi connectivity index (χ1v) is 8.99. The number of ether oxygens (including phenoxy) is 2. The molecule has 0 N–H and O–H groups in total. The van der Waals surface area contributed by atoms with Gasteiger partial charge in [-0.15, -0.1) is 0 Å². The molecule has 3 aromatic rings. The summed E-state index contributed by atoms with van der Waals surface area (Å²) in [6, 6.07) is 27.3. The van der Waals surface area contributed by atoms with Gasteiger partial charge in [-0.25, -0.2) is 0 Å². The van der Waals surface area contributed by atoms with Crippen molar-refractivity contribution in [2.75, 3.05) is 0 Å². The summed E-state index contributed by atoms with van der Waals surface area (Å²) in [5.74, 6) is -0.532. The summed E-state index contributed by atoms with van der Waals surface area (Å²) in [5.41, 5.74) is 0.0378. The average molecular weight is 370 g/mol. The Balaban J connectivity index is 1.74. The summed E-state index contributed by atoms with van der Waals surface area (Å²) < 4.78 is 11.1. The molecule has 28 heavy (non-hydrogen) atoms. The van der Waals surface area contributed by atoms with Crippen LogP contribution in [0, 0.1) is 5.41 Å². The summed E-state index contributed by atoms with van der Waals surface area (Å²) in [6.07, 6.45) is 1.75. The molecule has 4 heteroatoms. The number of carbonyl (C=O) groups excluding carboxylic acids is 2. The van der Waals surface area contributed by atoms with E-state index < -0.39 is 17.4 Å². The fourth-order valence-electron chi connectivity index (χ4n) is 3.19. The van der Waals surface area contributed by atoms with Crippen LogP contribution in [0.5, 0.6) is 5.75 Å². The van der Waals surface area contributed by atoms with E-state index in [0.29, 0.717) is 11.5 Å². The summed E-state index contributed by atoms with van der Waals surface area (Å²) in [4.78, 5) is 26.1. The van der Waals surface area contributed by atoms with Gasteiger partial charge in [-0.1, -0.05) is 78.9 Å². The van der Waals surface area contributed by atoms with Gasteiger partial charge < -0.3 is 9.47 Å². The molecule has 0 spiro atoms. The third-order valence-electron chi connectivity index (χ3n) is 4.65. The van der Waals surface area contributed by atoms with Crippen molar-refractivity contribution in [3.8, 4) is 5.75 Å². The van der Waals surface area contributed by atoms with Crippen LogP contribution < -0.4 is 4.74 Å². The Hall–Kier alpha value is -3.66. The van der Waals surface area contributed by atoms with Crippen LogP contribution in [-0.4, -0.2) is 11.9 Å². The van der Waals surface area contributed by atoms with Gasteiger partial charge in [0.05, 0.1) is 0 Å². The molecule has 4 nitrogen and oxygen atoms in total. The minimum Gasteiger partial charge on any atom is -0.425 e. The number of esters is 2. The van der Waals surface area contributed by atoms with E-state index in [2.05, 4.69) is 0 Å². The van der Waals surface area contributed by atoms with E-state index >= 15 is 0 Å². The number of hydrogen-bond donors (Lipinski definition) is 0. The molecular weight excluding hydrogens is 352 g/mol. The van der Waals surface area contributed by atoms with E-state index in [4.69, 9.17) is 9.47 Å². The molecule has 0 radical (unpaired) electrons. The van der Waals surface area contributed by atoms with Crippen LogP contribution in [0.4, 0.5) is 0 Å². The second-order valence-corrected chi connectivity index (χ2v) is 6.60. The minimum absolute atomic E-state index is 0.161. The topological polar surface area (TPSA) is 52.6 Å². The van der Waals surface area contributed by atoms with Crippen LogP contribution in [0.1, 0.15) is 11.1 Å². The van der Waals surface area contributed by atoms with E-state index in [1.54, 1.807) is 30.3 Å². The van der Waals surface area contributed by atoms with Gasteiger partial charge >= 0.3 is 11.9 Å². The molecule has 1 heterocycles. The van der Waals surface area contributed by atoms with Crippen molar-refractivity contribution in [1.82, 2.24) is 0 Å². The zero-order chi connectivity index (χ0) is 19.4. The van der Waals surface area contributed by atoms with Gasteiger partial charge in [0.15, 0.2) is 5.41 Å². The molecule has 4 rings (SSSR count). The highest BCUT2D eigenvalue weighted by Crippen LogP contribution is 2.39. The lowest BCUT2D eigenvalue weighted by atomic mass is 9.81. The first kappa shape index (κ1) is 17.7. The molecule has 0 bridgehead atoms. The summed E-state index contributed by atoms with van der Waals surface area (Å²) in [7, 11) is 0. The quantitative estimate of drug-likeness (QED) is 0.379. The molecule has 1 atom stereocenters. The van der Waals surface area contributed by atoms with Crippen molar-refractivity contribution in [3.05, 3.63) is 108 Å². The molecule has 0 saturated carbocycles. The number of benzene rings is 3. The maximum Gasteiger partial charge on any atom is 0.333 e. The van der Waals surface area contributed by atoms with E-state index in [9.17, 15) is 9.59 Å². The first-order chi connectivity index (χ1) is 13.7. The molecule has 0 aliphatic carbocycles. The molecule has 138 valence electrons. The monoisotopic (exact) mass is 370 g/mol. The molecule has 0 fully saturated rings. The Morgan fingerprint density at radius 1 is 0.821 bits per heavy atom. The molecule has 0 saturated heterocycles. The van der Waals surface area contributed by atoms with Gasteiger partial charge in [0.25, 0.3) is 0 Å². The Bertz CT molecular complexity index is 1010. The Labute approximate surface area is 163 Å². The number of hydrogen-bond acceptors (Lipinski definition) is 4. The lowest BCUT2D eigenvalue weighted by Crippen LogP contribution is -2.40. The largest absolute Gasteiger partial charge is 0.425 e. The van der Waals surface area contributed by atoms with Crippen LogP contribution in [0.15, 0.2) is 97.1 Å².